The molecule has 1 unspecified atom stereocenters. The van der Waals surface area contributed by atoms with E-state index >= 15 is 0 Å². The van der Waals surface area contributed by atoms with Gasteiger partial charge in [-0.2, -0.15) is 4.31 Å². The van der Waals surface area contributed by atoms with E-state index in [9.17, 15) is 22.7 Å². The van der Waals surface area contributed by atoms with Gasteiger partial charge in [-0.05, 0) is 60.2 Å². The van der Waals surface area contributed by atoms with E-state index in [-0.39, 0.29) is 10.9 Å². The quantitative estimate of drug-likeness (QED) is 0.366. The number of fused-ring (bicyclic) bond motifs is 1. The number of likely N-dealkylation sites (N-methyl/N-ethyl adjacent to an activating group) is 1. The lowest BCUT2D eigenvalue weighted by atomic mass is 10.0. The van der Waals surface area contributed by atoms with Crippen molar-refractivity contribution in [1.29, 1.82) is 0 Å². The van der Waals surface area contributed by atoms with Crippen molar-refractivity contribution < 1.29 is 22.7 Å². The molecule has 6 nitrogen and oxygen atoms in total. The number of unbranched alkanes of at least 4 members (excludes halogenated alkanes) is 1. The first-order valence-corrected chi connectivity index (χ1v) is 14.4. The zero-order valence-electron chi connectivity index (χ0n) is 20.4. The number of halogens is 1. The summed E-state index contributed by atoms with van der Waals surface area (Å²) < 4.78 is 43.4. The Balaban J connectivity index is 1.98. The topological polar surface area (TPSA) is 77.9 Å². The van der Waals surface area contributed by atoms with E-state index in [2.05, 4.69) is 6.92 Å². The number of aromatic carboxylic acids is 1. The van der Waals surface area contributed by atoms with Crippen LogP contribution in [0.1, 0.15) is 36.5 Å². The van der Waals surface area contributed by atoms with Gasteiger partial charge in [0.05, 0.1) is 11.3 Å². The van der Waals surface area contributed by atoms with Crippen LogP contribution in [0.4, 0.5) is 15.8 Å². The Morgan fingerprint density at radius 2 is 1.86 bits per heavy atom. The van der Waals surface area contributed by atoms with Gasteiger partial charge >= 0.3 is 5.97 Å². The number of nitrogens with zero attached hydrogens (tertiary/aromatic N) is 2. The average molecular weight is 529 g/mol. The average Bonchev–Trinajstić information content (AvgIpc) is 2.95. The van der Waals surface area contributed by atoms with E-state index in [1.54, 1.807) is 13.1 Å². The van der Waals surface area contributed by atoms with Gasteiger partial charge in [-0.3, -0.25) is 0 Å². The van der Waals surface area contributed by atoms with Crippen molar-refractivity contribution in [1.82, 2.24) is 4.31 Å². The van der Waals surface area contributed by atoms with E-state index in [1.807, 2.05) is 47.6 Å². The summed E-state index contributed by atoms with van der Waals surface area (Å²) in [5.74, 6) is -2.22. The summed E-state index contributed by atoms with van der Waals surface area (Å²) in [5.41, 5.74) is 1.99. The summed E-state index contributed by atoms with van der Waals surface area (Å²) in [6, 6.07) is 16.8. The van der Waals surface area contributed by atoms with Crippen LogP contribution in [0.2, 0.25) is 0 Å². The minimum Gasteiger partial charge on any atom is -0.478 e. The summed E-state index contributed by atoms with van der Waals surface area (Å²) in [7, 11) is -2.25. The molecule has 0 bridgehead atoms. The molecule has 0 aromatic heterocycles. The van der Waals surface area contributed by atoms with Gasteiger partial charge in [-0.15, -0.1) is 11.8 Å². The highest BCUT2D eigenvalue weighted by atomic mass is 32.2. The number of rotatable bonds is 7. The Hall–Kier alpha value is -2.88. The Labute approximate surface area is 215 Å². The first kappa shape index (κ1) is 26.2. The molecule has 3 aromatic rings. The molecule has 0 radical (unpaired) electrons. The van der Waals surface area contributed by atoms with Gasteiger partial charge < -0.3 is 10.0 Å². The monoisotopic (exact) mass is 528 g/mol. The second kappa shape index (κ2) is 10.6. The molecule has 190 valence electrons. The number of hydrogen-bond acceptors (Lipinski definition) is 5. The number of sulfonamides is 1. The fourth-order valence-corrected chi connectivity index (χ4v) is 6.76. The summed E-state index contributed by atoms with van der Waals surface area (Å²) >= 11 is 1.42. The summed E-state index contributed by atoms with van der Waals surface area (Å²) in [5, 5.41) is 9.42. The second-order valence-corrected chi connectivity index (χ2v) is 11.6. The van der Waals surface area contributed by atoms with E-state index in [1.165, 1.54) is 28.2 Å². The Kier molecular flexibility index (Phi) is 7.73. The van der Waals surface area contributed by atoms with Crippen molar-refractivity contribution in [3.8, 4) is 11.1 Å². The largest absolute Gasteiger partial charge is 0.478 e. The van der Waals surface area contributed by atoms with Crippen LogP contribution in [0.5, 0.6) is 0 Å². The second-order valence-electron chi connectivity index (χ2n) is 8.78. The molecule has 1 atom stereocenters. The number of carboxylic acid groups (broad SMARTS) is 1. The molecule has 0 fully saturated rings. The zero-order valence-corrected chi connectivity index (χ0v) is 22.1. The highest BCUT2D eigenvalue weighted by Gasteiger charge is 2.37. The molecule has 0 saturated heterocycles. The number of hydrogen-bond donors (Lipinski definition) is 1. The third kappa shape index (κ3) is 4.87. The molecular weight excluding hydrogens is 499 g/mol. The highest BCUT2D eigenvalue weighted by Crippen LogP contribution is 2.44. The van der Waals surface area contributed by atoms with Crippen molar-refractivity contribution in [3.05, 3.63) is 72.0 Å². The molecule has 0 saturated carbocycles. The first-order valence-electron chi connectivity index (χ1n) is 11.7. The zero-order chi connectivity index (χ0) is 26.0. The minimum atomic E-state index is -3.88. The summed E-state index contributed by atoms with van der Waals surface area (Å²) in [6.07, 6.45) is 4.46. The van der Waals surface area contributed by atoms with E-state index < -0.39 is 27.4 Å². The minimum absolute atomic E-state index is 0.141. The molecule has 9 heteroatoms. The number of benzene rings is 3. The molecule has 0 amide bonds. The molecule has 1 N–H and O–H groups in total. The molecule has 0 spiro atoms. The SMILES string of the molecule is CCCCC1CN(c2ccccc2)c2cc(SC)c(-c3ccc(F)c(C(=O)O)c3)cc2S(=O)(=O)N1C. The van der Waals surface area contributed by atoms with E-state index in [4.69, 9.17) is 0 Å². The van der Waals surface area contributed by atoms with Crippen molar-refractivity contribution in [2.24, 2.45) is 0 Å². The first-order chi connectivity index (χ1) is 17.2. The van der Waals surface area contributed by atoms with Crippen LogP contribution in [0.25, 0.3) is 11.1 Å². The van der Waals surface area contributed by atoms with Crippen LogP contribution < -0.4 is 4.90 Å². The molecule has 1 aliphatic rings. The lowest BCUT2D eigenvalue weighted by molar-refractivity contribution is 0.0692. The lowest BCUT2D eigenvalue weighted by Gasteiger charge is -2.29. The van der Waals surface area contributed by atoms with E-state index in [0.29, 0.717) is 23.4 Å². The number of para-hydroxylation sites is 1. The number of carbonyl (C=O) groups is 1. The fraction of sp³-hybridized carbons (Fsp3) is 0.296. The summed E-state index contributed by atoms with van der Waals surface area (Å²) in [4.78, 5) is 14.5. The predicted molar refractivity (Wildman–Crippen MR) is 142 cm³/mol. The Bertz CT molecular complexity index is 1380. The maximum Gasteiger partial charge on any atom is 0.338 e. The molecule has 1 heterocycles. The molecule has 4 rings (SSSR count). The third-order valence-corrected chi connectivity index (χ3v) is 9.32. The van der Waals surface area contributed by atoms with Crippen LogP contribution in [-0.2, 0) is 10.0 Å². The number of anilines is 2. The number of thioether (sulfide) groups is 1. The molecular formula is C27H29FN2O4S2. The van der Waals surface area contributed by atoms with Crippen molar-refractivity contribution in [2.75, 3.05) is 24.7 Å². The van der Waals surface area contributed by atoms with Gasteiger partial charge in [0.25, 0.3) is 0 Å². The molecule has 36 heavy (non-hydrogen) atoms. The third-order valence-electron chi connectivity index (χ3n) is 6.60. The van der Waals surface area contributed by atoms with Crippen LogP contribution >= 0.6 is 11.8 Å². The van der Waals surface area contributed by atoms with Gasteiger partial charge in [0.15, 0.2) is 0 Å². The van der Waals surface area contributed by atoms with Crippen LogP contribution in [0, 0.1) is 5.82 Å². The van der Waals surface area contributed by atoms with Gasteiger partial charge in [0, 0.05) is 30.2 Å². The van der Waals surface area contributed by atoms with Crippen LogP contribution in [-0.4, -0.2) is 49.7 Å². The Morgan fingerprint density at radius 1 is 1.14 bits per heavy atom. The molecule has 1 aliphatic heterocycles. The maximum absolute atomic E-state index is 14.1. The van der Waals surface area contributed by atoms with Gasteiger partial charge in [0.2, 0.25) is 10.0 Å². The standard InChI is InChI=1S/C27H29FN2O4S2/c1-4-5-9-20-17-30(19-10-7-6-8-11-19)24-16-25(35-3)21(15-26(24)36(33,34)29(20)2)18-12-13-23(28)22(14-18)27(31)32/h6-8,10-16,20H,4-5,9,17H2,1-3H3,(H,31,32). The van der Waals surface area contributed by atoms with Gasteiger partial charge in [-0.25, -0.2) is 17.6 Å². The molecule has 3 aromatic carbocycles. The number of carboxylic acids is 1. The highest BCUT2D eigenvalue weighted by molar-refractivity contribution is 7.98. The smallest absolute Gasteiger partial charge is 0.338 e. The van der Waals surface area contributed by atoms with E-state index in [0.717, 1.165) is 35.9 Å². The molecule has 0 aliphatic carbocycles. The summed E-state index contributed by atoms with van der Waals surface area (Å²) in [6.45, 7) is 2.58. The van der Waals surface area contributed by atoms with Crippen molar-refractivity contribution in [2.45, 2.75) is 42.0 Å². The lowest BCUT2D eigenvalue weighted by Crippen LogP contribution is -2.40. The van der Waals surface area contributed by atoms with Crippen LogP contribution in [0.15, 0.2) is 70.5 Å². The van der Waals surface area contributed by atoms with Crippen LogP contribution in [0.3, 0.4) is 0 Å². The van der Waals surface area contributed by atoms with Gasteiger partial charge in [-0.1, -0.05) is 44.0 Å². The fourth-order valence-electron chi connectivity index (χ4n) is 4.56. The Morgan fingerprint density at radius 3 is 2.50 bits per heavy atom. The van der Waals surface area contributed by atoms with Gasteiger partial charge in [0.1, 0.15) is 10.7 Å². The normalized spacial score (nSPS) is 17.4. The predicted octanol–water partition coefficient (Wildman–Crippen LogP) is 6.24. The van der Waals surface area contributed by atoms with Crippen molar-refractivity contribution >= 4 is 39.1 Å². The maximum atomic E-state index is 14.1. The van der Waals surface area contributed by atoms with Crippen molar-refractivity contribution in [3.63, 3.8) is 0 Å².